The highest BCUT2D eigenvalue weighted by Gasteiger charge is 2.13. The first-order chi connectivity index (χ1) is 16.9. The number of fused-ring (bicyclic) bond motifs is 2. The number of benzene rings is 3. The van der Waals surface area contributed by atoms with E-state index in [0.717, 1.165) is 46.3 Å². The van der Waals surface area contributed by atoms with E-state index in [4.69, 9.17) is 4.42 Å². The fourth-order valence-electron chi connectivity index (χ4n) is 4.15. The largest absolute Gasteiger partial charge is 0.504 e. The number of phenols is 2. The Morgan fingerprint density at radius 1 is 0.914 bits per heavy atom. The molecule has 0 atom stereocenters. The maximum absolute atomic E-state index is 12.8. The summed E-state index contributed by atoms with van der Waals surface area (Å²) in [6, 6.07) is 18.1. The number of hydrogen-bond acceptors (Lipinski definition) is 6. The third-order valence-electron chi connectivity index (χ3n) is 6.08. The van der Waals surface area contributed by atoms with Gasteiger partial charge in [-0.2, -0.15) is 0 Å². The average Bonchev–Trinajstić information content (AvgIpc) is 3.28. The molecule has 0 aliphatic rings. The van der Waals surface area contributed by atoms with Gasteiger partial charge in [0.1, 0.15) is 17.0 Å². The Labute approximate surface area is 201 Å². The number of aromatic hydroxyl groups is 2. The van der Waals surface area contributed by atoms with Crippen LogP contribution in [0.5, 0.6) is 11.5 Å². The van der Waals surface area contributed by atoms with Crippen LogP contribution in [0.4, 0.5) is 5.69 Å². The molecule has 3 N–H and O–H groups in total. The van der Waals surface area contributed by atoms with Crippen LogP contribution < -0.4 is 10.5 Å². The molecule has 7 nitrogen and oxygen atoms in total. The van der Waals surface area contributed by atoms with Gasteiger partial charge in [-0.15, -0.1) is 0 Å². The van der Waals surface area contributed by atoms with E-state index in [1.807, 2.05) is 54.6 Å². The summed E-state index contributed by atoms with van der Waals surface area (Å²) in [5.74, 6) is 0.128. The van der Waals surface area contributed by atoms with E-state index in [2.05, 4.69) is 28.7 Å². The number of H-pyrrole nitrogens is 1. The molecule has 0 amide bonds. The fourth-order valence-corrected chi connectivity index (χ4v) is 4.15. The van der Waals surface area contributed by atoms with E-state index in [9.17, 15) is 15.0 Å². The first-order valence-corrected chi connectivity index (χ1v) is 11.5. The molecule has 5 rings (SSSR count). The Morgan fingerprint density at radius 2 is 1.66 bits per heavy atom. The van der Waals surface area contributed by atoms with Crippen LogP contribution in [0.1, 0.15) is 25.0 Å². The van der Waals surface area contributed by atoms with Gasteiger partial charge in [0.25, 0.3) is 0 Å². The van der Waals surface area contributed by atoms with Crippen molar-refractivity contribution in [3.63, 3.8) is 0 Å². The van der Waals surface area contributed by atoms with E-state index in [0.29, 0.717) is 17.0 Å². The van der Waals surface area contributed by atoms with Crippen molar-refractivity contribution in [2.75, 3.05) is 18.0 Å². The van der Waals surface area contributed by atoms with Crippen molar-refractivity contribution in [2.45, 2.75) is 13.8 Å². The molecule has 0 unspecified atom stereocenters. The molecule has 35 heavy (non-hydrogen) atoms. The number of anilines is 1. The second kappa shape index (κ2) is 9.02. The third kappa shape index (κ3) is 4.36. The molecule has 0 aliphatic heterocycles. The number of aromatic nitrogens is 2. The Bertz CT molecular complexity index is 1630. The average molecular weight is 468 g/mol. The summed E-state index contributed by atoms with van der Waals surface area (Å²) in [5, 5.41) is 20.0. The highest BCUT2D eigenvalue weighted by molar-refractivity contribution is 5.87. The zero-order valence-electron chi connectivity index (χ0n) is 19.4. The number of rotatable bonds is 6. The summed E-state index contributed by atoms with van der Waals surface area (Å²) >= 11 is 0. The summed E-state index contributed by atoms with van der Waals surface area (Å²) in [4.78, 5) is 22.8. The van der Waals surface area contributed by atoms with Crippen molar-refractivity contribution >= 4 is 39.8 Å². The second-order valence-corrected chi connectivity index (χ2v) is 8.29. The van der Waals surface area contributed by atoms with Crippen LogP contribution in [0, 0.1) is 0 Å². The van der Waals surface area contributed by atoms with Gasteiger partial charge in [-0.3, -0.25) is 0 Å². The molecule has 0 fully saturated rings. The molecule has 2 heterocycles. The van der Waals surface area contributed by atoms with Crippen LogP contribution in [0.2, 0.25) is 0 Å². The second-order valence-electron chi connectivity index (χ2n) is 8.29. The number of nitrogens with one attached hydrogen (secondary N) is 1. The summed E-state index contributed by atoms with van der Waals surface area (Å²) < 4.78 is 5.66. The van der Waals surface area contributed by atoms with Crippen LogP contribution in [-0.4, -0.2) is 33.3 Å². The maximum atomic E-state index is 12.8. The van der Waals surface area contributed by atoms with E-state index < -0.39 is 5.63 Å². The van der Waals surface area contributed by atoms with Crippen molar-refractivity contribution in [3.05, 3.63) is 82.2 Å². The molecule has 5 aromatic rings. The molecule has 2 aromatic heterocycles. The predicted octanol–water partition coefficient (Wildman–Crippen LogP) is 5.76. The standard InChI is InChI=1S/C28H25N3O4/c1-3-31(4-2)20-10-9-19-15-21(28(34)35-26(19)16-20)27-29-22-11-7-17(13-23(22)30-27)5-6-18-8-12-24(32)25(33)14-18/h5-16,32-33H,3-4H2,1-2H3,(H,29,30)/b6-5+. The molecule has 176 valence electrons. The topological polar surface area (TPSA) is 103 Å². The van der Waals surface area contributed by atoms with E-state index in [1.54, 1.807) is 6.07 Å². The smallest absolute Gasteiger partial charge is 0.347 e. The third-order valence-corrected chi connectivity index (χ3v) is 6.08. The Morgan fingerprint density at radius 3 is 2.40 bits per heavy atom. The molecule has 7 heteroatoms. The lowest BCUT2D eigenvalue weighted by Gasteiger charge is -2.20. The molecular formula is C28H25N3O4. The van der Waals surface area contributed by atoms with E-state index in [1.165, 1.54) is 12.1 Å². The van der Waals surface area contributed by atoms with E-state index >= 15 is 0 Å². The van der Waals surface area contributed by atoms with Crippen LogP contribution in [-0.2, 0) is 0 Å². The summed E-state index contributed by atoms with van der Waals surface area (Å²) in [7, 11) is 0. The van der Waals surface area contributed by atoms with Crippen LogP contribution >= 0.6 is 0 Å². The van der Waals surface area contributed by atoms with Crippen molar-refractivity contribution in [1.82, 2.24) is 9.97 Å². The highest BCUT2D eigenvalue weighted by Crippen LogP contribution is 2.27. The van der Waals surface area contributed by atoms with Gasteiger partial charge in [0.15, 0.2) is 11.5 Å². The van der Waals surface area contributed by atoms with Crippen molar-refractivity contribution in [1.29, 1.82) is 0 Å². The molecule has 0 saturated carbocycles. The molecule has 0 spiro atoms. The maximum Gasteiger partial charge on any atom is 0.347 e. The zero-order valence-corrected chi connectivity index (χ0v) is 19.4. The van der Waals surface area contributed by atoms with Crippen LogP contribution in [0.25, 0.3) is 45.5 Å². The molecule has 3 aromatic carbocycles. The van der Waals surface area contributed by atoms with Crippen LogP contribution in [0.15, 0.2) is 69.9 Å². The first-order valence-electron chi connectivity index (χ1n) is 11.5. The van der Waals surface area contributed by atoms with E-state index in [-0.39, 0.29) is 11.5 Å². The lowest BCUT2D eigenvalue weighted by molar-refractivity contribution is 0.403. The SMILES string of the molecule is CCN(CC)c1ccc2cc(-c3nc4ccc(/C=C/c5ccc(O)c(O)c5)cc4[nH]3)c(=O)oc2c1. The normalized spacial score (nSPS) is 11.6. The van der Waals surface area contributed by atoms with Crippen molar-refractivity contribution in [2.24, 2.45) is 0 Å². The molecule has 0 aliphatic carbocycles. The number of aromatic amines is 1. The minimum Gasteiger partial charge on any atom is -0.504 e. The molecule has 0 bridgehead atoms. The molecular weight excluding hydrogens is 442 g/mol. The van der Waals surface area contributed by atoms with Gasteiger partial charge < -0.3 is 24.5 Å². The lowest BCUT2D eigenvalue weighted by atomic mass is 10.1. The minimum atomic E-state index is -0.444. The summed E-state index contributed by atoms with van der Waals surface area (Å²) in [5.41, 5.74) is 4.68. The monoisotopic (exact) mass is 467 g/mol. The number of phenolic OH excluding ortho intramolecular Hbond substituents is 2. The van der Waals surface area contributed by atoms with Gasteiger partial charge in [0, 0.05) is 30.2 Å². The van der Waals surface area contributed by atoms with Gasteiger partial charge in [-0.1, -0.05) is 24.3 Å². The van der Waals surface area contributed by atoms with Crippen molar-refractivity contribution < 1.29 is 14.6 Å². The minimum absolute atomic E-state index is 0.156. The number of imidazole rings is 1. The van der Waals surface area contributed by atoms with Gasteiger partial charge in [-0.25, -0.2) is 9.78 Å². The summed E-state index contributed by atoms with van der Waals surface area (Å²) in [6.07, 6.45) is 3.73. The van der Waals surface area contributed by atoms with Gasteiger partial charge >= 0.3 is 5.63 Å². The van der Waals surface area contributed by atoms with Gasteiger partial charge in [0.2, 0.25) is 0 Å². The van der Waals surface area contributed by atoms with Gasteiger partial charge in [-0.05, 0) is 67.4 Å². The van der Waals surface area contributed by atoms with Crippen LogP contribution in [0.3, 0.4) is 0 Å². The Balaban J connectivity index is 1.47. The predicted molar refractivity (Wildman–Crippen MR) is 140 cm³/mol. The molecule has 0 saturated heterocycles. The Hall–Kier alpha value is -4.52. The first kappa shape index (κ1) is 22.3. The highest BCUT2D eigenvalue weighted by atomic mass is 16.4. The lowest BCUT2D eigenvalue weighted by Crippen LogP contribution is -2.21. The summed E-state index contributed by atoms with van der Waals surface area (Å²) in [6.45, 7) is 5.93. The van der Waals surface area contributed by atoms with Crippen molar-refractivity contribution in [3.8, 4) is 22.9 Å². The van der Waals surface area contributed by atoms with Gasteiger partial charge in [0.05, 0.1) is 11.0 Å². The Kier molecular flexibility index (Phi) is 5.74. The quantitative estimate of drug-likeness (QED) is 0.167. The molecule has 0 radical (unpaired) electrons. The fraction of sp³-hybridized carbons (Fsp3) is 0.143. The zero-order chi connectivity index (χ0) is 24.5. The number of hydrogen-bond donors (Lipinski definition) is 3. The number of nitrogens with zero attached hydrogens (tertiary/aromatic N) is 2.